The Bertz CT molecular complexity index is 861. The molecule has 0 saturated carbocycles. The highest BCUT2D eigenvalue weighted by Gasteiger charge is 2.45. The number of carbonyl (C=O) groups excluding carboxylic acids is 2. The monoisotopic (exact) mass is 355 g/mol. The Balaban J connectivity index is 2.19. The summed E-state index contributed by atoms with van der Waals surface area (Å²) >= 11 is 1.49. The molecule has 1 aromatic carbocycles. The zero-order valence-corrected chi connectivity index (χ0v) is 15.6. The van der Waals surface area contributed by atoms with Crippen molar-refractivity contribution in [2.75, 3.05) is 4.90 Å². The lowest BCUT2D eigenvalue weighted by atomic mass is 9.93. The number of carbonyl (C=O) groups is 2. The second-order valence-corrected chi connectivity index (χ2v) is 7.61. The SMILES string of the molecule is Cc1ccc(N2C(=O)C(O)=C(C(=O)C(C)C)C2c2sccc2C)cc1. The fraction of sp³-hybridized carbons (Fsp3) is 0.300. The number of aliphatic hydroxyl groups excluding tert-OH is 1. The minimum absolute atomic E-state index is 0.196. The van der Waals surface area contributed by atoms with Crippen molar-refractivity contribution in [1.82, 2.24) is 0 Å². The topological polar surface area (TPSA) is 57.6 Å². The number of aliphatic hydroxyl groups is 1. The minimum Gasteiger partial charge on any atom is -0.503 e. The molecule has 0 saturated heterocycles. The number of Topliss-reactive ketones (excluding diaryl/α,β-unsaturated/α-hetero) is 1. The molecule has 1 atom stereocenters. The van der Waals surface area contributed by atoms with Crippen LogP contribution < -0.4 is 4.90 Å². The maximum atomic E-state index is 12.8. The number of nitrogens with zero attached hydrogens (tertiary/aromatic N) is 1. The highest BCUT2D eigenvalue weighted by Crippen LogP contribution is 2.44. The summed E-state index contributed by atoms with van der Waals surface area (Å²) in [5.41, 5.74) is 2.95. The molecule has 2 aromatic rings. The van der Waals surface area contributed by atoms with Crippen LogP contribution in [0.1, 0.15) is 35.9 Å². The average molecular weight is 355 g/mol. The molecule has 0 fully saturated rings. The highest BCUT2D eigenvalue weighted by atomic mass is 32.1. The second kappa shape index (κ2) is 6.48. The first-order valence-electron chi connectivity index (χ1n) is 8.24. The quantitative estimate of drug-likeness (QED) is 0.879. The van der Waals surface area contributed by atoms with Crippen LogP contribution in [0.2, 0.25) is 0 Å². The first-order valence-corrected chi connectivity index (χ1v) is 9.12. The Morgan fingerprint density at radius 1 is 1.16 bits per heavy atom. The van der Waals surface area contributed by atoms with E-state index >= 15 is 0 Å². The number of hydrogen-bond acceptors (Lipinski definition) is 4. The van der Waals surface area contributed by atoms with Crippen LogP contribution in [0, 0.1) is 19.8 Å². The van der Waals surface area contributed by atoms with Crippen molar-refractivity contribution in [2.45, 2.75) is 33.7 Å². The number of ketones is 1. The molecule has 1 aromatic heterocycles. The number of thiophene rings is 1. The van der Waals surface area contributed by atoms with E-state index in [1.54, 1.807) is 13.8 Å². The standard InChI is InChI=1S/C20H21NO3S/c1-11(2)17(22)15-16(19-13(4)9-10-25-19)21(20(24)18(15)23)14-7-5-12(3)6-8-14/h5-11,16,23H,1-4H3. The minimum atomic E-state index is -0.579. The fourth-order valence-corrected chi connectivity index (χ4v) is 4.08. The molecule has 1 unspecified atom stereocenters. The van der Waals surface area contributed by atoms with Crippen LogP contribution in [-0.4, -0.2) is 16.8 Å². The Labute approximate surface area is 151 Å². The van der Waals surface area contributed by atoms with E-state index in [4.69, 9.17) is 0 Å². The largest absolute Gasteiger partial charge is 0.503 e. The molecule has 0 aliphatic carbocycles. The first kappa shape index (κ1) is 17.4. The lowest BCUT2D eigenvalue weighted by Gasteiger charge is -2.27. The highest BCUT2D eigenvalue weighted by molar-refractivity contribution is 7.10. The van der Waals surface area contributed by atoms with Gasteiger partial charge in [0, 0.05) is 16.5 Å². The molecule has 0 spiro atoms. The summed E-state index contributed by atoms with van der Waals surface area (Å²) in [5.74, 6) is -1.45. The van der Waals surface area contributed by atoms with E-state index in [0.717, 1.165) is 16.0 Å². The third-order valence-corrected chi connectivity index (χ3v) is 5.53. The number of aryl methyl sites for hydroxylation is 2. The molecule has 1 aliphatic heterocycles. The van der Waals surface area contributed by atoms with Gasteiger partial charge in [-0.3, -0.25) is 14.5 Å². The van der Waals surface area contributed by atoms with Crippen molar-refractivity contribution in [3.63, 3.8) is 0 Å². The van der Waals surface area contributed by atoms with Gasteiger partial charge < -0.3 is 5.11 Å². The number of amides is 1. The Hall–Kier alpha value is -2.40. The predicted octanol–water partition coefficient (Wildman–Crippen LogP) is 4.49. The Morgan fingerprint density at radius 3 is 2.32 bits per heavy atom. The van der Waals surface area contributed by atoms with Crippen molar-refractivity contribution in [3.8, 4) is 0 Å². The molecule has 1 N–H and O–H groups in total. The third-order valence-electron chi connectivity index (χ3n) is 4.46. The Kier molecular flexibility index (Phi) is 4.52. The van der Waals surface area contributed by atoms with E-state index in [9.17, 15) is 14.7 Å². The van der Waals surface area contributed by atoms with Gasteiger partial charge in [-0.15, -0.1) is 11.3 Å². The molecule has 0 bridgehead atoms. The molecular weight excluding hydrogens is 334 g/mol. The maximum absolute atomic E-state index is 12.8. The molecule has 0 radical (unpaired) electrons. The fourth-order valence-electron chi connectivity index (χ4n) is 3.05. The number of hydrogen-bond donors (Lipinski definition) is 1. The van der Waals surface area contributed by atoms with Gasteiger partial charge in [-0.1, -0.05) is 31.5 Å². The van der Waals surface area contributed by atoms with Gasteiger partial charge in [0.15, 0.2) is 11.5 Å². The van der Waals surface area contributed by atoms with Gasteiger partial charge in [-0.25, -0.2) is 0 Å². The third kappa shape index (κ3) is 2.89. The summed E-state index contributed by atoms with van der Waals surface area (Å²) in [7, 11) is 0. The molecule has 4 nitrogen and oxygen atoms in total. The molecule has 25 heavy (non-hydrogen) atoms. The van der Waals surface area contributed by atoms with E-state index < -0.39 is 17.7 Å². The van der Waals surface area contributed by atoms with E-state index in [2.05, 4.69) is 0 Å². The summed E-state index contributed by atoms with van der Waals surface area (Å²) in [5, 5.41) is 12.4. The number of benzene rings is 1. The van der Waals surface area contributed by atoms with Gasteiger partial charge in [0.05, 0.1) is 5.57 Å². The lowest BCUT2D eigenvalue weighted by Crippen LogP contribution is -2.31. The van der Waals surface area contributed by atoms with Crippen LogP contribution in [0.4, 0.5) is 5.69 Å². The molecular formula is C20H21NO3S. The average Bonchev–Trinajstić information content (AvgIpc) is 3.10. The smallest absolute Gasteiger partial charge is 0.294 e. The number of anilines is 1. The van der Waals surface area contributed by atoms with Crippen LogP contribution in [0.3, 0.4) is 0 Å². The van der Waals surface area contributed by atoms with E-state index in [-0.39, 0.29) is 17.3 Å². The summed E-state index contributed by atoms with van der Waals surface area (Å²) in [6.45, 7) is 7.48. The van der Waals surface area contributed by atoms with Crippen molar-refractivity contribution in [3.05, 3.63) is 63.0 Å². The van der Waals surface area contributed by atoms with E-state index in [0.29, 0.717) is 5.69 Å². The first-order chi connectivity index (χ1) is 11.8. The summed E-state index contributed by atoms with van der Waals surface area (Å²) in [6, 6.07) is 8.91. The zero-order valence-electron chi connectivity index (χ0n) is 14.7. The van der Waals surface area contributed by atoms with Crippen LogP contribution in [0.15, 0.2) is 47.0 Å². The van der Waals surface area contributed by atoms with Crippen molar-refractivity contribution < 1.29 is 14.7 Å². The summed E-state index contributed by atoms with van der Waals surface area (Å²) in [4.78, 5) is 28.0. The van der Waals surface area contributed by atoms with Gasteiger partial charge >= 0.3 is 0 Å². The molecule has 1 amide bonds. The lowest BCUT2D eigenvalue weighted by molar-refractivity contribution is -0.119. The second-order valence-electron chi connectivity index (χ2n) is 6.66. The summed E-state index contributed by atoms with van der Waals surface area (Å²) in [6.07, 6.45) is 0. The molecule has 130 valence electrons. The molecule has 3 rings (SSSR count). The summed E-state index contributed by atoms with van der Waals surface area (Å²) < 4.78 is 0. The number of rotatable bonds is 4. The van der Waals surface area contributed by atoms with Gasteiger partial charge in [-0.05, 0) is 43.0 Å². The maximum Gasteiger partial charge on any atom is 0.294 e. The molecule has 1 aliphatic rings. The van der Waals surface area contributed by atoms with Crippen LogP contribution in [-0.2, 0) is 9.59 Å². The van der Waals surface area contributed by atoms with Gasteiger partial charge in [0.25, 0.3) is 5.91 Å². The van der Waals surface area contributed by atoms with Gasteiger partial charge in [0.1, 0.15) is 6.04 Å². The van der Waals surface area contributed by atoms with Crippen LogP contribution in [0.25, 0.3) is 0 Å². The van der Waals surface area contributed by atoms with Gasteiger partial charge in [-0.2, -0.15) is 0 Å². The van der Waals surface area contributed by atoms with E-state index in [1.165, 1.54) is 16.2 Å². The predicted molar refractivity (Wildman–Crippen MR) is 100.0 cm³/mol. The van der Waals surface area contributed by atoms with Crippen LogP contribution >= 0.6 is 11.3 Å². The van der Waals surface area contributed by atoms with Crippen molar-refractivity contribution in [1.29, 1.82) is 0 Å². The molecule has 2 heterocycles. The normalized spacial score (nSPS) is 17.7. The van der Waals surface area contributed by atoms with E-state index in [1.807, 2.05) is 49.6 Å². The zero-order chi connectivity index (χ0) is 18.3. The molecule has 5 heteroatoms. The van der Waals surface area contributed by atoms with Gasteiger partial charge in [0.2, 0.25) is 0 Å². The van der Waals surface area contributed by atoms with Crippen molar-refractivity contribution in [2.24, 2.45) is 5.92 Å². The van der Waals surface area contributed by atoms with Crippen LogP contribution in [0.5, 0.6) is 0 Å². The van der Waals surface area contributed by atoms with Crippen molar-refractivity contribution >= 4 is 28.7 Å². The Morgan fingerprint density at radius 2 is 1.80 bits per heavy atom.